The number of amides is 1. The van der Waals surface area contributed by atoms with E-state index in [1.165, 1.54) is 4.80 Å². The van der Waals surface area contributed by atoms with Crippen LogP contribution in [-0.2, 0) is 4.74 Å². The molecule has 9 heteroatoms. The molecule has 1 fully saturated rings. The van der Waals surface area contributed by atoms with Crippen LogP contribution < -0.4 is 4.90 Å². The molecule has 9 nitrogen and oxygen atoms in total. The summed E-state index contributed by atoms with van der Waals surface area (Å²) in [5.41, 5.74) is 4.01. The molecule has 0 saturated carbocycles. The number of benzene rings is 2. The largest absolute Gasteiger partial charge is 0.477 e. The van der Waals surface area contributed by atoms with Crippen LogP contribution in [0.15, 0.2) is 85.1 Å². The topological polar surface area (TPSA) is 89.3 Å². The molecule has 3 aliphatic heterocycles. The lowest BCUT2D eigenvalue weighted by Gasteiger charge is -2.36. The first-order valence-corrected chi connectivity index (χ1v) is 11.4. The van der Waals surface area contributed by atoms with E-state index in [-0.39, 0.29) is 11.9 Å². The van der Waals surface area contributed by atoms with Crippen molar-refractivity contribution >= 4 is 11.9 Å². The summed E-state index contributed by atoms with van der Waals surface area (Å²) in [6.07, 6.45) is 6.88. The van der Waals surface area contributed by atoms with Gasteiger partial charge in [-0.25, -0.2) is 9.97 Å². The normalized spacial score (nSPS) is 17.1. The highest BCUT2D eigenvalue weighted by molar-refractivity contribution is 5.99. The standard InChI is InChI=1S/C26H23N7O2/c1-18-7-8-23(33-28-12-13-29-33)21(15-18)25(34)32-16-20-17-35-24(32)10-14-31(20)26-27-11-9-22(30-26)19-5-3-2-4-6-19/h2-13,15,20H,14,16-17H2,1H3. The van der Waals surface area contributed by atoms with Gasteiger partial charge in [0.2, 0.25) is 5.95 Å². The number of ether oxygens (including phenoxy) is 1. The summed E-state index contributed by atoms with van der Waals surface area (Å²) in [5, 5.41) is 8.44. The minimum Gasteiger partial charge on any atom is -0.477 e. The van der Waals surface area contributed by atoms with E-state index in [4.69, 9.17) is 9.72 Å². The number of aromatic nitrogens is 5. The van der Waals surface area contributed by atoms with Crippen LogP contribution in [0, 0.1) is 6.92 Å². The molecule has 174 valence electrons. The van der Waals surface area contributed by atoms with Gasteiger partial charge < -0.3 is 9.64 Å². The molecule has 0 spiro atoms. The highest BCUT2D eigenvalue weighted by atomic mass is 16.5. The quantitative estimate of drug-likeness (QED) is 0.457. The van der Waals surface area contributed by atoms with Crippen LogP contribution in [0.2, 0.25) is 0 Å². The highest BCUT2D eigenvalue weighted by Crippen LogP contribution is 2.29. The zero-order chi connectivity index (χ0) is 23.8. The van der Waals surface area contributed by atoms with Crippen molar-refractivity contribution in [3.63, 3.8) is 0 Å². The Balaban J connectivity index is 1.31. The SMILES string of the molecule is Cc1ccc(-n2nccn2)c(C(=O)N2CC3COC2=CCN3c2nccc(-c3ccccc3)n2)c1. The predicted molar refractivity (Wildman–Crippen MR) is 130 cm³/mol. The maximum absolute atomic E-state index is 13.8. The van der Waals surface area contributed by atoms with Crippen LogP contribution in [-0.4, -0.2) is 61.5 Å². The third-order valence-electron chi connectivity index (χ3n) is 6.22. The van der Waals surface area contributed by atoms with E-state index in [0.29, 0.717) is 42.8 Å². The van der Waals surface area contributed by atoms with Crippen LogP contribution in [0.4, 0.5) is 5.95 Å². The second kappa shape index (κ2) is 8.68. The first kappa shape index (κ1) is 21.0. The first-order chi connectivity index (χ1) is 17.2. The molecule has 2 aromatic carbocycles. The van der Waals surface area contributed by atoms with Gasteiger partial charge in [0.15, 0.2) is 5.88 Å². The maximum atomic E-state index is 13.8. The number of rotatable bonds is 4. The molecule has 4 aromatic rings. The van der Waals surface area contributed by atoms with Crippen molar-refractivity contribution in [3.05, 3.63) is 96.3 Å². The second-order valence-corrected chi connectivity index (χ2v) is 8.52. The molecule has 7 rings (SSSR count). The Bertz CT molecular complexity index is 1400. The predicted octanol–water partition coefficient (Wildman–Crippen LogP) is 3.24. The van der Waals surface area contributed by atoms with Gasteiger partial charge >= 0.3 is 0 Å². The molecule has 0 radical (unpaired) electrons. The number of anilines is 1. The average Bonchev–Trinajstić information content (AvgIpc) is 3.29. The summed E-state index contributed by atoms with van der Waals surface area (Å²) < 4.78 is 6.02. The van der Waals surface area contributed by atoms with Gasteiger partial charge in [0.25, 0.3) is 5.91 Å². The van der Waals surface area contributed by atoms with Crippen LogP contribution >= 0.6 is 0 Å². The lowest BCUT2D eigenvalue weighted by molar-refractivity contribution is 0.0394. The van der Waals surface area contributed by atoms with Crippen molar-refractivity contribution in [3.8, 4) is 16.9 Å². The molecule has 5 heterocycles. The molecule has 0 aliphatic carbocycles. The van der Waals surface area contributed by atoms with E-state index in [9.17, 15) is 4.79 Å². The van der Waals surface area contributed by atoms with Crippen molar-refractivity contribution in [1.29, 1.82) is 0 Å². The fraction of sp³-hybridized carbons (Fsp3) is 0.192. The third kappa shape index (κ3) is 3.90. The molecule has 1 unspecified atom stereocenters. The summed E-state index contributed by atoms with van der Waals surface area (Å²) in [6.45, 7) is 3.42. The number of hydrogen-bond acceptors (Lipinski definition) is 7. The van der Waals surface area contributed by atoms with Gasteiger partial charge in [-0.1, -0.05) is 42.0 Å². The second-order valence-electron chi connectivity index (χ2n) is 8.52. The Morgan fingerprint density at radius 1 is 1.03 bits per heavy atom. The molecule has 0 N–H and O–H groups in total. The Hall–Kier alpha value is -4.53. The Morgan fingerprint density at radius 3 is 2.69 bits per heavy atom. The summed E-state index contributed by atoms with van der Waals surface area (Å²) in [4.78, 5) is 28.4. The van der Waals surface area contributed by atoms with Crippen molar-refractivity contribution in [2.75, 3.05) is 24.6 Å². The lowest BCUT2D eigenvalue weighted by atomic mass is 10.1. The number of hydrogen-bond donors (Lipinski definition) is 0. The smallest absolute Gasteiger partial charge is 0.262 e. The summed E-state index contributed by atoms with van der Waals surface area (Å²) in [6, 6.07) is 17.5. The number of fused-ring (bicyclic) bond motifs is 4. The van der Waals surface area contributed by atoms with E-state index in [2.05, 4.69) is 20.1 Å². The van der Waals surface area contributed by atoms with E-state index in [1.54, 1.807) is 23.5 Å². The molecular formula is C26H23N7O2. The van der Waals surface area contributed by atoms with Gasteiger partial charge in [0, 0.05) is 18.3 Å². The fourth-order valence-corrected chi connectivity index (χ4v) is 4.46. The van der Waals surface area contributed by atoms with Gasteiger partial charge in [0.1, 0.15) is 6.61 Å². The zero-order valence-corrected chi connectivity index (χ0v) is 19.2. The lowest BCUT2D eigenvalue weighted by Crippen LogP contribution is -2.50. The zero-order valence-electron chi connectivity index (χ0n) is 19.2. The molecule has 35 heavy (non-hydrogen) atoms. The van der Waals surface area contributed by atoms with Crippen molar-refractivity contribution in [2.45, 2.75) is 13.0 Å². The number of nitrogens with zero attached hydrogens (tertiary/aromatic N) is 7. The molecule has 1 amide bonds. The monoisotopic (exact) mass is 465 g/mol. The van der Waals surface area contributed by atoms with E-state index < -0.39 is 0 Å². The fourth-order valence-electron chi connectivity index (χ4n) is 4.46. The van der Waals surface area contributed by atoms with Crippen molar-refractivity contribution in [1.82, 2.24) is 29.9 Å². The van der Waals surface area contributed by atoms with Gasteiger partial charge in [-0.2, -0.15) is 15.0 Å². The van der Waals surface area contributed by atoms with Crippen LogP contribution in [0.25, 0.3) is 16.9 Å². The number of carbonyl (C=O) groups excluding carboxylic acids is 1. The van der Waals surface area contributed by atoms with Crippen molar-refractivity contribution < 1.29 is 9.53 Å². The molecule has 1 atom stereocenters. The Kier molecular flexibility index (Phi) is 5.21. The van der Waals surface area contributed by atoms with Crippen LogP contribution in [0.3, 0.4) is 0 Å². The number of carbonyl (C=O) groups is 1. The maximum Gasteiger partial charge on any atom is 0.262 e. The summed E-state index contributed by atoms with van der Waals surface area (Å²) in [5.74, 6) is 1.01. The average molecular weight is 466 g/mol. The van der Waals surface area contributed by atoms with Crippen LogP contribution in [0.5, 0.6) is 0 Å². The molecule has 3 aliphatic rings. The summed E-state index contributed by atoms with van der Waals surface area (Å²) >= 11 is 0. The molecule has 2 bridgehead atoms. The summed E-state index contributed by atoms with van der Waals surface area (Å²) in [7, 11) is 0. The van der Waals surface area contributed by atoms with Gasteiger partial charge in [-0.3, -0.25) is 9.69 Å². The molecule has 1 saturated heterocycles. The van der Waals surface area contributed by atoms with Crippen molar-refractivity contribution in [2.24, 2.45) is 0 Å². The third-order valence-corrected chi connectivity index (χ3v) is 6.22. The Morgan fingerprint density at radius 2 is 1.86 bits per heavy atom. The Labute approximate surface area is 202 Å². The van der Waals surface area contributed by atoms with Gasteiger partial charge in [-0.15, -0.1) is 0 Å². The van der Waals surface area contributed by atoms with Crippen LogP contribution in [0.1, 0.15) is 15.9 Å². The van der Waals surface area contributed by atoms with E-state index in [1.807, 2.05) is 67.6 Å². The van der Waals surface area contributed by atoms with E-state index >= 15 is 0 Å². The van der Waals surface area contributed by atoms with Gasteiger partial charge in [-0.05, 0) is 31.2 Å². The molecular weight excluding hydrogens is 442 g/mol. The van der Waals surface area contributed by atoms with Gasteiger partial charge in [0.05, 0.1) is 41.9 Å². The minimum atomic E-state index is -0.155. The molecule has 2 aromatic heterocycles. The van der Waals surface area contributed by atoms with E-state index in [0.717, 1.165) is 16.8 Å². The number of aryl methyl sites for hydroxylation is 1. The highest BCUT2D eigenvalue weighted by Gasteiger charge is 2.37. The first-order valence-electron chi connectivity index (χ1n) is 11.4. The minimum absolute atomic E-state index is 0.0939.